The highest BCUT2D eigenvalue weighted by atomic mass is 16.2. The van der Waals surface area contributed by atoms with Crippen LogP contribution in [0.1, 0.15) is 36.0 Å². The van der Waals surface area contributed by atoms with Crippen molar-refractivity contribution in [3.63, 3.8) is 0 Å². The summed E-state index contributed by atoms with van der Waals surface area (Å²) in [5.74, 6) is 0.304. The van der Waals surface area contributed by atoms with E-state index in [1.54, 1.807) is 11.8 Å². The van der Waals surface area contributed by atoms with Gasteiger partial charge in [-0.2, -0.15) is 0 Å². The summed E-state index contributed by atoms with van der Waals surface area (Å²) < 4.78 is 0. The molecule has 1 unspecified atom stereocenters. The van der Waals surface area contributed by atoms with Crippen LogP contribution in [0, 0.1) is 0 Å². The number of fused-ring (bicyclic) bond motifs is 2. The van der Waals surface area contributed by atoms with Crippen molar-refractivity contribution >= 4 is 17.5 Å². The second kappa shape index (κ2) is 6.36. The Labute approximate surface area is 148 Å². The molecule has 0 fully saturated rings. The minimum absolute atomic E-state index is 0.0364. The van der Waals surface area contributed by atoms with Gasteiger partial charge in [0.2, 0.25) is 11.8 Å². The van der Waals surface area contributed by atoms with Gasteiger partial charge in [0.15, 0.2) is 0 Å². The molecular formula is C21H22N2O2. The summed E-state index contributed by atoms with van der Waals surface area (Å²) in [6.07, 6.45) is 1.38. The van der Waals surface area contributed by atoms with Crippen LogP contribution in [0.5, 0.6) is 0 Å². The molecule has 0 bridgehead atoms. The smallest absolute Gasteiger partial charge is 0.223 e. The molecule has 2 heterocycles. The fourth-order valence-electron chi connectivity index (χ4n) is 4.02. The van der Waals surface area contributed by atoms with Crippen LogP contribution in [0.25, 0.3) is 0 Å². The lowest BCUT2D eigenvalue weighted by Crippen LogP contribution is -2.37. The molecule has 2 aliphatic rings. The summed E-state index contributed by atoms with van der Waals surface area (Å²) in [4.78, 5) is 28.5. The van der Waals surface area contributed by atoms with Gasteiger partial charge in [-0.3, -0.25) is 9.59 Å². The zero-order valence-corrected chi connectivity index (χ0v) is 14.4. The Morgan fingerprint density at radius 2 is 1.76 bits per heavy atom. The molecule has 0 aliphatic carbocycles. The molecule has 4 heteroatoms. The molecule has 0 N–H and O–H groups in total. The maximum Gasteiger partial charge on any atom is 0.223 e. The summed E-state index contributed by atoms with van der Waals surface area (Å²) in [7, 11) is 0. The van der Waals surface area contributed by atoms with Gasteiger partial charge in [-0.25, -0.2) is 0 Å². The summed E-state index contributed by atoms with van der Waals surface area (Å²) >= 11 is 0. The molecule has 2 amide bonds. The fraction of sp³-hybridized carbons (Fsp3) is 0.333. The first-order valence-corrected chi connectivity index (χ1v) is 8.85. The van der Waals surface area contributed by atoms with Gasteiger partial charge >= 0.3 is 0 Å². The van der Waals surface area contributed by atoms with E-state index in [4.69, 9.17) is 0 Å². The number of anilines is 1. The zero-order chi connectivity index (χ0) is 17.4. The quantitative estimate of drug-likeness (QED) is 0.847. The highest BCUT2D eigenvalue weighted by Gasteiger charge is 2.33. The Kier molecular flexibility index (Phi) is 4.04. The number of nitrogens with zero attached hydrogens (tertiary/aromatic N) is 2. The minimum Gasteiger partial charge on any atom is -0.338 e. The number of benzene rings is 2. The van der Waals surface area contributed by atoms with E-state index in [0.29, 0.717) is 19.5 Å². The first kappa shape index (κ1) is 15.9. The first-order valence-electron chi connectivity index (χ1n) is 8.85. The molecule has 2 aliphatic heterocycles. The zero-order valence-electron chi connectivity index (χ0n) is 14.4. The van der Waals surface area contributed by atoms with Gasteiger partial charge in [0.25, 0.3) is 0 Å². The second-order valence-corrected chi connectivity index (χ2v) is 6.92. The van der Waals surface area contributed by atoms with Crippen molar-refractivity contribution in [1.82, 2.24) is 4.90 Å². The van der Waals surface area contributed by atoms with E-state index in [1.807, 2.05) is 35.2 Å². The highest BCUT2D eigenvalue weighted by molar-refractivity contribution is 5.94. The standard InChI is InChI=1S/C21H22N2O2/c1-15(24)23-14-18(19-8-4-5-9-20(19)23)12-21(25)22-11-10-16-6-2-3-7-17(16)13-22/h2-9,18H,10-14H2,1H3. The lowest BCUT2D eigenvalue weighted by Gasteiger charge is -2.29. The van der Waals surface area contributed by atoms with Crippen LogP contribution in [0.2, 0.25) is 0 Å². The van der Waals surface area contributed by atoms with E-state index >= 15 is 0 Å². The third kappa shape index (κ3) is 2.93. The maximum atomic E-state index is 12.9. The Bertz CT molecular complexity index is 830. The molecule has 0 aromatic heterocycles. The predicted octanol–water partition coefficient (Wildman–Crippen LogP) is 3.11. The topological polar surface area (TPSA) is 40.6 Å². The number of carbonyl (C=O) groups excluding carboxylic acids is 2. The van der Waals surface area contributed by atoms with Crippen molar-refractivity contribution in [2.24, 2.45) is 0 Å². The van der Waals surface area contributed by atoms with Crippen LogP contribution in [0.4, 0.5) is 5.69 Å². The number of amides is 2. The average molecular weight is 334 g/mol. The number of hydrogen-bond acceptors (Lipinski definition) is 2. The van der Waals surface area contributed by atoms with Crippen LogP contribution < -0.4 is 4.90 Å². The van der Waals surface area contributed by atoms with Crippen molar-refractivity contribution in [2.45, 2.75) is 32.2 Å². The van der Waals surface area contributed by atoms with E-state index < -0.39 is 0 Å². The fourth-order valence-corrected chi connectivity index (χ4v) is 4.02. The van der Waals surface area contributed by atoms with E-state index in [0.717, 1.165) is 24.2 Å². The van der Waals surface area contributed by atoms with Crippen molar-refractivity contribution in [2.75, 3.05) is 18.0 Å². The molecule has 2 aromatic rings. The van der Waals surface area contributed by atoms with Gasteiger partial charge in [0.1, 0.15) is 0 Å². The molecule has 0 saturated heterocycles. The van der Waals surface area contributed by atoms with E-state index in [9.17, 15) is 9.59 Å². The molecule has 4 rings (SSSR count). The van der Waals surface area contributed by atoms with E-state index in [-0.39, 0.29) is 17.7 Å². The first-order chi connectivity index (χ1) is 12.1. The summed E-state index contributed by atoms with van der Waals surface area (Å²) in [5.41, 5.74) is 4.67. The molecule has 2 aromatic carbocycles. The van der Waals surface area contributed by atoms with Gasteiger partial charge in [0.05, 0.1) is 0 Å². The number of para-hydroxylation sites is 1. The third-order valence-electron chi connectivity index (χ3n) is 5.35. The lowest BCUT2D eigenvalue weighted by molar-refractivity contribution is -0.132. The summed E-state index contributed by atoms with van der Waals surface area (Å²) in [6.45, 7) is 3.66. The highest BCUT2D eigenvalue weighted by Crippen LogP contribution is 2.38. The molecule has 0 spiro atoms. The normalized spacial score (nSPS) is 18.7. The molecule has 25 heavy (non-hydrogen) atoms. The van der Waals surface area contributed by atoms with Crippen LogP contribution in [0.15, 0.2) is 48.5 Å². The average Bonchev–Trinajstić information content (AvgIpc) is 3.00. The van der Waals surface area contributed by atoms with Crippen LogP contribution in [-0.4, -0.2) is 29.8 Å². The predicted molar refractivity (Wildman–Crippen MR) is 97.4 cm³/mol. The Hall–Kier alpha value is -2.62. The van der Waals surface area contributed by atoms with Crippen LogP contribution in [-0.2, 0) is 22.6 Å². The summed E-state index contributed by atoms with van der Waals surface area (Å²) in [5, 5.41) is 0. The van der Waals surface area contributed by atoms with Crippen molar-refractivity contribution in [3.05, 3.63) is 65.2 Å². The SMILES string of the molecule is CC(=O)N1CC(CC(=O)N2CCc3ccccc3C2)c2ccccc21. The van der Waals surface area contributed by atoms with Crippen molar-refractivity contribution in [1.29, 1.82) is 0 Å². The van der Waals surface area contributed by atoms with Crippen molar-refractivity contribution < 1.29 is 9.59 Å². The van der Waals surface area contributed by atoms with Gasteiger partial charge in [-0.15, -0.1) is 0 Å². The van der Waals surface area contributed by atoms with Crippen LogP contribution >= 0.6 is 0 Å². The third-order valence-corrected chi connectivity index (χ3v) is 5.35. The van der Waals surface area contributed by atoms with E-state index in [2.05, 4.69) is 18.2 Å². The maximum absolute atomic E-state index is 12.9. The number of carbonyl (C=O) groups is 2. The van der Waals surface area contributed by atoms with E-state index in [1.165, 1.54) is 11.1 Å². The van der Waals surface area contributed by atoms with Gasteiger partial charge in [-0.1, -0.05) is 42.5 Å². The Morgan fingerprint density at radius 1 is 1.04 bits per heavy atom. The van der Waals surface area contributed by atoms with Crippen molar-refractivity contribution in [3.8, 4) is 0 Å². The molecule has 0 radical (unpaired) electrons. The largest absolute Gasteiger partial charge is 0.338 e. The second-order valence-electron chi connectivity index (χ2n) is 6.92. The molecule has 4 nitrogen and oxygen atoms in total. The molecule has 1 atom stereocenters. The number of hydrogen-bond donors (Lipinski definition) is 0. The molecule has 128 valence electrons. The number of rotatable bonds is 2. The van der Waals surface area contributed by atoms with Gasteiger partial charge in [0, 0.05) is 44.6 Å². The van der Waals surface area contributed by atoms with Gasteiger partial charge in [-0.05, 0) is 29.2 Å². The Morgan fingerprint density at radius 3 is 2.56 bits per heavy atom. The minimum atomic E-state index is 0.0364. The Balaban J connectivity index is 1.50. The lowest BCUT2D eigenvalue weighted by atomic mass is 9.95. The molecule has 0 saturated carbocycles. The van der Waals surface area contributed by atoms with Crippen LogP contribution in [0.3, 0.4) is 0 Å². The summed E-state index contributed by atoms with van der Waals surface area (Å²) in [6, 6.07) is 16.3. The van der Waals surface area contributed by atoms with Gasteiger partial charge < -0.3 is 9.80 Å². The monoisotopic (exact) mass is 334 g/mol. The molecular weight excluding hydrogens is 312 g/mol.